The highest BCUT2D eigenvalue weighted by Gasteiger charge is 2.24. The summed E-state index contributed by atoms with van der Waals surface area (Å²) in [5, 5.41) is 9.12. The van der Waals surface area contributed by atoms with E-state index in [0.717, 1.165) is 12.8 Å². The summed E-state index contributed by atoms with van der Waals surface area (Å²) < 4.78 is 5.45. The van der Waals surface area contributed by atoms with Crippen molar-refractivity contribution in [1.82, 2.24) is 4.90 Å². The van der Waals surface area contributed by atoms with Crippen LogP contribution in [0.3, 0.4) is 0 Å². The van der Waals surface area contributed by atoms with Crippen LogP contribution in [-0.2, 0) is 6.42 Å². The van der Waals surface area contributed by atoms with Crippen LogP contribution in [0.1, 0.15) is 67.2 Å². The van der Waals surface area contributed by atoms with Crippen molar-refractivity contribution in [2.24, 2.45) is 5.92 Å². The zero-order chi connectivity index (χ0) is 16.0. The van der Waals surface area contributed by atoms with Gasteiger partial charge >= 0.3 is 5.97 Å². The van der Waals surface area contributed by atoms with Crippen LogP contribution in [-0.4, -0.2) is 35.0 Å². The smallest absolute Gasteiger partial charge is 0.339 e. The third kappa shape index (κ3) is 4.09. The molecule has 0 bridgehead atoms. The summed E-state index contributed by atoms with van der Waals surface area (Å²) in [6, 6.07) is 1.35. The summed E-state index contributed by atoms with van der Waals surface area (Å²) in [7, 11) is 0. The van der Waals surface area contributed by atoms with Gasteiger partial charge in [-0.25, -0.2) is 4.79 Å². The molecule has 0 fully saturated rings. The molecule has 1 heterocycles. The van der Waals surface area contributed by atoms with E-state index in [2.05, 4.69) is 13.8 Å². The van der Waals surface area contributed by atoms with E-state index in [-0.39, 0.29) is 17.2 Å². The second kappa shape index (κ2) is 7.86. The molecule has 0 aliphatic heterocycles. The lowest BCUT2D eigenvalue weighted by Crippen LogP contribution is -2.34. The molecule has 21 heavy (non-hydrogen) atoms. The minimum Gasteiger partial charge on any atom is -0.478 e. The lowest BCUT2D eigenvalue weighted by Gasteiger charge is -2.24. The third-order valence-corrected chi connectivity index (χ3v) is 3.87. The summed E-state index contributed by atoms with van der Waals surface area (Å²) in [6.45, 7) is 9.20. The van der Waals surface area contributed by atoms with Crippen LogP contribution >= 0.6 is 0 Å². The van der Waals surface area contributed by atoms with Gasteiger partial charge in [-0.2, -0.15) is 0 Å². The molecule has 1 rings (SSSR count). The minimum atomic E-state index is -1.06. The van der Waals surface area contributed by atoms with Gasteiger partial charge in [0.15, 0.2) is 5.76 Å². The fourth-order valence-corrected chi connectivity index (χ4v) is 2.35. The van der Waals surface area contributed by atoms with Crippen molar-refractivity contribution in [1.29, 1.82) is 0 Å². The maximum Gasteiger partial charge on any atom is 0.339 e. The highest BCUT2D eigenvalue weighted by atomic mass is 16.4. The Bertz CT molecular complexity index is 488. The van der Waals surface area contributed by atoms with Gasteiger partial charge in [0.05, 0.1) is 0 Å². The number of hydrogen-bond donors (Lipinski definition) is 1. The van der Waals surface area contributed by atoms with Crippen LogP contribution in [0.2, 0.25) is 0 Å². The van der Waals surface area contributed by atoms with E-state index in [1.165, 1.54) is 6.07 Å². The first kappa shape index (κ1) is 17.3. The Balaban J connectivity index is 2.97. The molecule has 118 valence electrons. The van der Waals surface area contributed by atoms with Gasteiger partial charge < -0.3 is 14.4 Å². The van der Waals surface area contributed by atoms with Gasteiger partial charge in [0.25, 0.3) is 5.91 Å². The van der Waals surface area contributed by atoms with Gasteiger partial charge in [-0.05, 0) is 12.8 Å². The number of carbonyl (C=O) groups is 2. The molecule has 0 aliphatic carbocycles. The van der Waals surface area contributed by atoms with Crippen LogP contribution in [0, 0.1) is 5.92 Å². The maximum atomic E-state index is 12.5. The van der Waals surface area contributed by atoms with Crippen LogP contribution in [0.25, 0.3) is 0 Å². The monoisotopic (exact) mass is 295 g/mol. The quantitative estimate of drug-likeness (QED) is 0.797. The Hall–Kier alpha value is -1.78. The Morgan fingerprint density at radius 1 is 1.24 bits per heavy atom. The van der Waals surface area contributed by atoms with Crippen LogP contribution < -0.4 is 0 Å². The molecular weight excluding hydrogens is 270 g/mol. The summed E-state index contributed by atoms with van der Waals surface area (Å²) >= 11 is 0. The number of aryl methyl sites for hydroxylation is 1. The zero-order valence-corrected chi connectivity index (χ0v) is 13.3. The zero-order valence-electron chi connectivity index (χ0n) is 13.3. The number of carboxylic acid groups (broad SMARTS) is 1. The number of amides is 1. The Kier molecular flexibility index (Phi) is 6.46. The van der Waals surface area contributed by atoms with Crippen molar-refractivity contribution in [2.75, 3.05) is 13.1 Å². The van der Waals surface area contributed by atoms with E-state index in [9.17, 15) is 9.59 Å². The van der Waals surface area contributed by atoms with E-state index in [4.69, 9.17) is 9.52 Å². The predicted molar refractivity (Wildman–Crippen MR) is 80.7 cm³/mol. The summed E-state index contributed by atoms with van der Waals surface area (Å²) in [4.78, 5) is 25.4. The highest BCUT2D eigenvalue weighted by Crippen LogP contribution is 2.19. The Morgan fingerprint density at radius 3 is 2.24 bits per heavy atom. The van der Waals surface area contributed by atoms with Gasteiger partial charge in [0, 0.05) is 25.6 Å². The highest BCUT2D eigenvalue weighted by molar-refractivity contribution is 5.96. The van der Waals surface area contributed by atoms with E-state index < -0.39 is 5.97 Å². The van der Waals surface area contributed by atoms with Crippen molar-refractivity contribution in [3.05, 3.63) is 23.2 Å². The molecule has 0 spiro atoms. The molecule has 0 unspecified atom stereocenters. The second-order valence-electron chi connectivity index (χ2n) is 5.13. The number of aromatic carboxylic acids is 1. The van der Waals surface area contributed by atoms with E-state index in [1.807, 2.05) is 6.92 Å². The van der Waals surface area contributed by atoms with Crippen molar-refractivity contribution in [2.45, 2.75) is 47.0 Å². The Labute approximate surface area is 125 Å². The SMILES string of the molecule is CCc1oc(C(=O)N(CC)CC(CC)CC)cc1C(=O)O. The summed E-state index contributed by atoms with van der Waals surface area (Å²) in [6.07, 6.45) is 2.48. The topological polar surface area (TPSA) is 70.8 Å². The summed E-state index contributed by atoms with van der Waals surface area (Å²) in [5.74, 6) is -0.362. The molecule has 0 aromatic carbocycles. The average Bonchev–Trinajstić information content (AvgIpc) is 2.92. The maximum absolute atomic E-state index is 12.5. The van der Waals surface area contributed by atoms with E-state index in [1.54, 1.807) is 11.8 Å². The third-order valence-electron chi connectivity index (χ3n) is 3.87. The average molecular weight is 295 g/mol. The van der Waals surface area contributed by atoms with Crippen LogP contribution in [0.5, 0.6) is 0 Å². The lowest BCUT2D eigenvalue weighted by molar-refractivity contribution is 0.0687. The largest absolute Gasteiger partial charge is 0.478 e. The molecule has 1 aromatic rings. The molecule has 0 saturated heterocycles. The van der Waals surface area contributed by atoms with E-state index >= 15 is 0 Å². The molecule has 0 aliphatic rings. The molecule has 0 atom stereocenters. The first-order chi connectivity index (χ1) is 9.98. The van der Waals surface area contributed by atoms with Crippen molar-refractivity contribution >= 4 is 11.9 Å². The van der Waals surface area contributed by atoms with Gasteiger partial charge in [0.2, 0.25) is 0 Å². The number of furan rings is 1. The number of rotatable bonds is 8. The fraction of sp³-hybridized carbons (Fsp3) is 0.625. The number of nitrogens with zero attached hydrogens (tertiary/aromatic N) is 1. The van der Waals surface area contributed by atoms with Crippen LogP contribution in [0.4, 0.5) is 0 Å². The molecule has 1 N–H and O–H groups in total. The number of carbonyl (C=O) groups excluding carboxylic acids is 1. The Morgan fingerprint density at radius 2 is 1.86 bits per heavy atom. The standard InChI is InChI=1S/C16H25NO4/c1-5-11(6-2)10-17(8-4)15(18)14-9-12(16(19)20)13(7-3)21-14/h9,11H,5-8,10H2,1-4H3,(H,19,20). The van der Waals surface area contributed by atoms with Crippen molar-refractivity contribution < 1.29 is 19.1 Å². The molecular formula is C16H25NO4. The van der Waals surface area contributed by atoms with Crippen LogP contribution in [0.15, 0.2) is 10.5 Å². The first-order valence-corrected chi connectivity index (χ1v) is 7.63. The molecule has 5 heteroatoms. The van der Waals surface area contributed by atoms with Gasteiger partial charge in [0.1, 0.15) is 11.3 Å². The normalized spacial score (nSPS) is 10.9. The number of hydrogen-bond acceptors (Lipinski definition) is 3. The second-order valence-corrected chi connectivity index (χ2v) is 5.13. The number of carboxylic acids is 1. The minimum absolute atomic E-state index is 0.0828. The fourth-order valence-electron chi connectivity index (χ4n) is 2.35. The molecule has 5 nitrogen and oxygen atoms in total. The molecule has 0 saturated carbocycles. The van der Waals surface area contributed by atoms with E-state index in [0.29, 0.717) is 31.2 Å². The molecule has 1 aromatic heterocycles. The molecule has 1 amide bonds. The predicted octanol–water partition coefficient (Wildman–Crippen LogP) is 3.44. The first-order valence-electron chi connectivity index (χ1n) is 7.63. The van der Waals surface area contributed by atoms with Crippen molar-refractivity contribution in [3.63, 3.8) is 0 Å². The van der Waals surface area contributed by atoms with Crippen molar-refractivity contribution in [3.8, 4) is 0 Å². The van der Waals surface area contributed by atoms with Gasteiger partial charge in [-0.1, -0.05) is 33.6 Å². The van der Waals surface area contributed by atoms with Gasteiger partial charge in [-0.15, -0.1) is 0 Å². The summed E-state index contributed by atoms with van der Waals surface area (Å²) in [5.41, 5.74) is 0.0828. The van der Waals surface area contributed by atoms with Gasteiger partial charge in [-0.3, -0.25) is 4.79 Å². The lowest BCUT2D eigenvalue weighted by atomic mass is 10.0. The molecule has 0 radical (unpaired) electrons.